The lowest BCUT2D eigenvalue weighted by molar-refractivity contribution is 0.0834. The van der Waals surface area contributed by atoms with E-state index in [1.807, 2.05) is 6.20 Å². The number of hydrogen-bond acceptors (Lipinski definition) is 7. The first kappa shape index (κ1) is 20.5. The van der Waals surface area contributed by atoms with Crippen molar-refractivity contribution in [3.63, 3.8) is 0 Å². The molecule has 8 heteroatoms. The molecule has 2 aliphatic rings. The molecule has 3 aromatic heterocycles. The van der Waals surface area contributed by atoms with Gasteiger partial charge in [0.1, 0.15) is 11.3 Å². The molecule has 8 nitrogen and oxygen atoms in total. The van der Waals surface area contributed by atoms with E-state index in [9.17, 15) is 0 Å². The van der Waals surface area contributed by atoms with Crippen molar-refractivity contribution in [3.05, 3.63) is 48.5 Å². The summed E-state index contributed by atoms with van der Waals surface area (Å²) in [6.07, 6.45) is 7.94. The number of nitrogens with one attached hydrogen (secondary N) is 1. The number of fused-ring (bicyclic) bond motifs is 3. The van der Waals surface area contributed by atoms with E-state index >= 15 is 0 Å². The van der Waals surface area contributed by atoms with Gasteiger partial charge in [-0.25, -0.2) is 4.98 Å². The lowest BCUT2D eigenvalue weighted by atomic mass is 9.99. The van der Waals surface area contributed by atoms with Gasteiger partial charge >= 0.3 is 0 Å². The summed E-state index contributed by atoms with van der Waals surface area (Å²) >= 11 is 0. The second-order valence-electron chi connectivity index (χ2n) is 9.05. The zero-order valence-corrected chi connectivity index (χ0v) is 18.9. The Morgan fingerprint density at radius 3 is 2.48 bits per heavy atom. The van der Waals surface area contributed by atoms with Crippen LogP contribution in [0.1, 0.15) is 37.4 Å². The first-order chi connectivity index (χ1) is 16.3. The van der Waals surface area contributed by atoms with Crippen LogP contribution in [0.2, 0.25) is 0 Å². The third kappa shape index (κ3) is 3.83. The van der Waals surface area contributed by atoms with Gasteiger partial charge in [0.2, 0.25) is 0 Å². The summed E-state index contributed by atoms with van der Waals surface area (Å²) in [4.78, 5) is 11.8. The molecule has 0 radical (unpaired) electrons. The highest BCUT2D eigenvalue weighted by molar-refractivity contribution is 5.81. The van der Waals surface area contributed by atoms with Crippen molar-refractivity contribution in [3.8, 4) is 11.3 Å². The van der Waals surface area contributed by atoms with E-state index < -0.39 is 0 Å². The number of aromatic nitrogens is 5. The lowest BCUT2D eigenvalue weighted by Crippen LogP contribution is -2.41. The number of nitrogens with zero attached hydrogens (tertiary/aromatic N) is 6. The monoisotopic (exact) mass is 443 g/mol. The summed E-state index contributed by atoms with van der Waals surface area (Å²) in [5.74, 6) is 1.35. The average molecular weight is 444 g/mol. The van der Waals surface area contributed by atoms with Gasteiger partial charge in [-0.2, -0.15) is 0 Å². The second kappa shape index (κ2) is 8.68. The molecule has 0 spiro atoms. The van der Waals surface area contributed by atoms with Crippen LogP contribution in [-0.4, -0.2) is 64.0 Å². The summed E-state index contributed by atoms with van der Waals surface area (Å²) in [7, 11) is 2.06. The Hall–Kier alpha value is -3.10. The number of anilines is 1. The van der Waals surface area contributed by atoms with Crippen LogP contribution in [-0.2, 0) is 4.74 Å². The highest BCUT2D eigenvalue weighted by Crippen LogP contribution is 2.30. The molecule has 170 valence electrons. The number of benzene rings is 1. The number of piperidine rings is 1. The minimum atomic E-state index is 0.349. The van der Waals surface area contributed by atoms with Crippen molar-refractivity contribution in [1.29, 1.82) is 0 Å². The van der Waals surface area contributed by atoms with Gasteiger partial charge in [-0.3, -0.25) is 9.38 Å². The molecular weight excluding hydrogens is 414 g/mol. The lowest BCUT2D eigenvalue weighted by Gasteiger charge is -2.33. The third-order valence-corrected chi connectivity index (χ3v) is 7.15. The zero-order chi connectivity index (χ0) is 22.2. The van der Waals surface area contributed by atoms with E-state index in [2.05, 4.69) is 67.2 Å². The standard InChI is InChI=1S/C25H29N7O/c1-26-19-6-10-31(11-7-19)20-4-2-17(3-5-20)21-14-23-22(15-27-21)28-16-24-29-30-25(32(23)24)18-8-12-33-13-9-18/h2-5,14-16,18-19,26H,6-13H2,1H3. The minimum absolute atomic E-state index is 0.349. The van der Waals surface area contributed by atoms with Gasteiger partial charge in [-0.05, 0) is 50.9 Å². The third-order valence-electron chi connectivity index (χ3n) is 7.15. The van der Waals surface area contributed by atoms with Crippen molar-refractivity contribution in [2.24, 2.45) is 0 Å². The van der Waals surface area contributed by atoms with Crippen molar-refractivity contribution in [1.82, 2.24) is 29.9 Å². The Morgan fingerprint density at radius 1 is 0.939 bits per heavy atom. The van der Waals surface area contributed by atoms with Crippen LogP contribution in [0.4, 0.5) is 5.69 Å². The maximum absolute atomic E-state index is 5.55. The molecule has 6 rings (SSSR count). The molecule has 0 aliphatic carbocycles. The zero-order valence-electron chi connectivity index (χ0n) is 18.9. The fraction of sp³-hybridized carbons (Fsp3) is 0.440. The largest absolute Gasteiger partial charge is 0.381 e. The van der Waals surface area contributed by atoms with Gasteiger partial charge in [0.15, 0.2) is 5.65 Å². The molecule has 0 atom stereocenters. The Labute approximate surface area is 193 Å². The molecule has 0 amide bonds. The topological polar surface area (TPSA) is 80.5 Å². The van der Waals surface area contributed by atoms with Crippen LogP contribution in [0.15, 0.2) is 42.7 Å². The molecule has 5 heterocycles. The number of ether oxygens (including phenoxy) is 1. The van der Waals surface area contributed by atoms with Crippen molar-refractivity contribution in [2.75, 3.05) is 38.3 Å². The fourth-order valence-corrected chi connectivity index (χ4v) is 5.13. The second-order valence-corrected chi connectivity index (χ2v) is 9.05. The number of hydrogen-bond donors (Lipinski definition) is 1. The van der Waals surface area contributed by atoms with Crippen LogP contribution >= 0.6 is 0 Å². The molecule has 0 saturated carbocycles. The normalized spacial score (nSPS) is 18.4. The molecule has 1 aromatic carbocycles. The molecule has 1 N–H and O–H groups in total. The van der Waals surface area contributed by atoms with E-state index in [4.69, 9.17) is 9.72 Å². The number of rotatable bonds is 4. The summed E-state index contributed by atoms with van der Waals surface area (Å²) < 4.78 is 7.71. The van der Waals surface area contributed by atoms with E-state index in [-0.39, 0.29) is 0 Å². The molecule has 0 unspecified atom stereocenters. The van der Waals surface area contributed by atoms with Crippen molar-refractivity contribution >= 4 is 22.4 Å². The molecule has 33 heavy (non-hydrogen) atoms. The Kier molecular flexibility index (Phi) is 5.39. The summed E-state index contributed by atoms with van der Waals surface area (Å²) in [5, 5.41) is 12.3. The van der Waals surface area contributed by atoms with Crippen LogP contribution in [0.3, 0.4) is 0 Å². The van der Waals surface area contributed by atoms with Crippen LogP contribution in [0.25, 0.3) is 27.9 Å². The first-order valence-corrected chi connectivity index (χ1v) is 11.9. The van der Waals surface area contributed by atoms with Crippen LogP contribution < -0.4 is 10.2 Å². The smallest absolute Gasteiger partial charge is 0.179 e. The first-order valence-electron chi connectivity index (χ1n) is 11.9. The van der Waals surface area contributed by atoms with Gasteiger partial charge < -0.3 is 15.0 Å². The van der Waals surface area contributed by atoms with Gasteiger partial charge in [-0.1, -0.05) is 12.1 Å². The number of pyridine rings is 1. The molecular formula is C25H29N7O. The van der Waals surface area contributed by atoms with Crippen molar-refractivity contribution < 1.29 is 4.74 Å². The Balaban J connectivity index is 1.33. The van der Waals surface area contributed by atoms with Crippen LogP contribution in [0, 0.1) is 0 Å². The van der Waals surface area contributed by atoms with E-state index in [0.717, 1.165) is 72.9 Å². The summed E-state index contributed by atoms with van der Waals surface area (Å²) in [5.41, 5.74) is 5.94. The Bertz CT molecular complexity index is 1260. The molecule has 2 saturated heterocycles. The quantitative estimate of drug-likeness (QED) is 0.518. The molecule has 2 aliphatic heterocycles. The van der Waals surface area contributed by atoms with E-state index in [0.29, 0.717) is 12.0 Å². The van der Waals surface area contributed by atoms with Gasteiger partial charge in [0.25, 0.3) is 0 Å². The van der Waals surface area contributed by atoms with Crippen molar-refractivity contribution in [2.45, 2.75) is 37.6 Å². The molecule has 4 aromatic rings. The van der Waals surface area contributed by atoms with Gasteiger partial charge in [0.05, 0.1) is 23.6 Å². The Morgan fingerprint density at radius 2 is 1.73 bits per heavy atom. The highest BCUT2D eigenvalue weighted by Gasteiger charge is 2.23. The predicted molar refractivity (Wildman–Crippen MR) is 129 cm³/mol. The molecule has 0 bridgehead atoms. The predicted octanol–water partition coefficient (Wildman–Crippen LogP) is 3.42. The van der Waals surface area contributed by atoms with Gasteiger partial charge in [-0.15, -0.1) is 10.2 Å². The average Bonchev–Trinajstić information content (AvgIpc) is 3.34. The highest BCUT2D eigenvalue weighted by atomic mass is 16.5. The molecule has 2 fully saturated rings. The van der Waals surface area contributed by atoms with Gasteiger partial charge in [0, 0.05) is 49.5 Å². The van der Waals surface area contributed by atoms with E-state index in [1.54, 1.807) is 6.20 Å². The van der Waals surface area contributed by atoms with E-state index in [1.165, 1.54) is 18.5 Å². The SMILES string of the molecule is CNC1CCN(c2ccc(-c3cc4c(cn3)ncc3nnc(C5CCOCC5)n34)cc2)CC1. The fourth-order valence-electron chi connectivity index (χ4n) is 5.13. The summed E-state index contributed by atoms with van der Waals surface area (Å²) in [6, 6.07) is 11.5. The van der Waals surface area contributed by atoms with Crippen LogP contribution in [0.5, 0.6) is 0 Å². The maximum atomic E-state index is 5.55. The maximum Gasteiger partial charge on any atom is 0.179 e. The summed E-state index contributed by atoms with van der Waals surface area (Å²) in [6.45, 7) is 3.72. The minimum Gasteiger partial charge on any atom is -0.381 e.